The lowest BCUT2D eigenvalue weighted by atomic mass is 10.3. The van der Waals surface area contributed by atoms with Gasteiger partial charge in [-0.25, -0.2) is 13.8 Å². The van der Waals surface area contributed by atoms with Crippen molar-refractivity contribution in [3.8, 4) is 11.8 Å². The van der Waals surface area contributed by atoms with Gasteiger partial charge in [-0.15, -0.1) is 0 Å². The van der Waals surface area contributed by atoms with Crippen LogP contribution in [0.5, 0.6) is 11.8 Å². The first-order chi connectivity index (χ1) is 8.54. The molecular formula is C11H8F2N4O. The van der Waals surface area contributed by atoms with Crippen LogP contribution in [-0.4, -0.2) is 15.8 Å². The molecule has 1 aromatic carbocycles. The lowest BCUT2D eigenvalue weighted by Gasteiger charge is -2.05. The molecule has 2 aromatic rings. The average Bonchev–Trinajstić information content (AvgIpc) is 2.27. The number of aromatic nitrogens is 2. The van der Waals surface area contributed by atoms with Crippen molar-refractivity contribution in [2.45, 2.75) is 0 Å². The monoisotopic (exact) mass is 250 g/mol. The fourth-order valence-corrected chi connectivity index (χ4v) is 1.23. The molecule has 18 heavy (non-hydrogen) atoms. The summed E-state index contributed by atoms with van der Waals surface area (Å²) in [6, 6.07) is 3.98. The fraction of sp³-hybridized carbons (Fsp3) is 0. The summed E-state index contributed by atoms with van der Waals surface area (Å²) in [4.78, 5) is 7.55. The van der Waals surface area contributed by atoms with Crippen LogP contribution in [0.4, 0.5) is 8.78 Å². The average molecular weight is 250 g/mol. The zero-order chi connectivity index (χ0) is 13.1. The number of nitrogens with zero attached hydrogens (tertiary/aromatic N) is 2. The normalized spacial score (nSPS) is 10.1. The minimum atomic E-state index is -0.771. The number of nitrogens with two attached hydrogens (primary N) is 1. The predicted molar refractivity (Wildman–Crippen MR) is 59.5 cm³/mol. The molecule has 0 saturated heterocycles. The number of amidine groups is 1. The number of rotatable bonds is 3. The van der Waals surface area contributed by atoms with Gasteiger partial charge in [-0.3, -0.25) is 5.41 Å². The molecule has 1 aromatic heterocycles. The lowest BCUT2D eigenvalue weighted by molar-refractivity contribution is 0.432. The molecule has 92 valence electrons. The number of nitrogens with one attached hydrogen (secondary N) is 1. The second kappa shape index (κ2) is 4.74. The molecule has 0 fully saturated rings. The topological polar surface area (TPSA) is 84.9 Å². The van der Waals surface area contributed by atoms with E-state index in [2.05, 4.69) is 9.97 Å². The molecule has 0 unspecified atom stereocenters. The van der Waals surface area contributed by atoms with E-state index in [9.17, 15) is 8.78 Å². The highest BCUT2D eigenvalue weighted by Crippen LogP contribution is 2.20. The summed E-state index contributed by atoms with van der Waals surface area (Å²) in [6.45, 7) is 0. The van der Waals surface area contributed by atoms with Gasteiger partial charge >= 0.3 is 6.01 Å². The Kier molecular flexibility index (Phi) is 3.13. The second-order valence-electron chi connectivity index (χ2n) is 3.35. The molecule has 0 bridgehead atoms. The third-order valence-electron chi connectivity index (χ3n) is 1.95. The molecular weight excluding hydrogens is 242 g/mol. The third-order valence-corrected chi connectivity index (χ3v) is 1.95. The minimum absolute atomic E-state index is 0.0757. The smallest absolute Gasteiger partial charge is 0.322 e. The summed E-state index contributed by atoms with van der Waals surface area (Å²) in [6.07, 6.45) is 1.33. The summed E-state index contributed by atoms with van der Waals surface area (Å²) in [7, 11) is 0. The van der Waals surface area contributed by atoms with E-state index in [1.165, 1.54) is 12.3 Å². The fourth-order valence-electron chi connectivity index (χ4n) is 1.23. The zero-order valence-electron chi connectivity index (χ0n) is 9.02. The maximum absolute atomic E-state index is 12.9. The maximum Gasteiger partial charge on any atom is 0.322 e. The van der Waals surface area contributed by atoms with E-state index >= 15 is 0 Å². The number of ether oxygens (including phenoxy) is 1. The summed E-state index contributed by atoms with van der Waals surface area (Å²) in [5, 5.41) is 7.19. The van der Waals surface area contributed by atoms with Gasteiger partial charge in [0.1, 0.15) is 28.9 Å². The highest BCUT2D eigenvalue weighted by Gasteiger charge is 2.06. The molecule has 0 aliphatic carbocycles. The van der Waals surface area contributed by atoms with Crippen LogP contribution in [0.1, 0.15) is 5.69 Å². The SMILES string of the molecule is N=C(N)c1ccnc(Oc2cc(F)cc(F)c2)n1. The van der Waals surface area contributed by atoms with Crippen molar-refractivity contribution >= 4 is 5.84 Å². The van der Waals surface area contributed by atoms with Gasteiger partial charge in [-0.1, -0.05) is 0 Å². The Hall–Kier alpha value is -2.57. The van der Waals surface area contributed by atoms with Gasteiger partial charge in [-0.05, 0) is 6.07 Å². The largest absolute Gasteiger partial charge is 0.424 e. The van der Waals surface area contributed by atoms with Crippen LogP contribution in [-0.2, 0) is 0 Å². The molecule has 0 radical (unpaired) electrons. The van der Waals surface area contributed by atoms with Gasteiger partial charge in [0.15, 0.2) is 0 Å². The van der Waals surface area contributed by atoms with Crippen molar-refractivity contribution in [3.63, 3.8) is 0 Å². The molecule has 3 N–H and O–H groups in total. The first kappa shape index (κ1) is 11.9. The number of hydrogen-bond acceptors (Lipinski definition) is 4. The second-order valence-corrected chi connectivity index (χ2v) is 3.35. The third kappa shape index (κ3) is 2.76. The number of benzene rings is 1. The van der Waals surface area contributed by atoms with Crippen molar-refractivity contribution in [3.05, 3.63) is 47.8 Å². The molecule has 5 nitrogen and oxygen atoms in total. The predicted octanol–water partition coefficient (Wildman–Crippen LogP) is 1.83. The van der Waals surface area contributed by atoms with Crippen molar-refractivity contribution in [1.82, 2.24) is 9.97 Å². The summed E-state index contributed by atoms with van der Waals surface area (Å²) in [5.74, 6) is -1.87. The van der Waals surface area contributed by atoms with Gasteiger partial charge in [-0.2, -0.15) is 4.98 Å². The standard InChI is InChI=1S/C11H8F2N4O/c12-6-3-7(13)5-8(4-6)18-11-16-2-1-9(17-11)10(14)15/h1-5H,(H3,14,15). The van der Waals surface area contributed by atoms with Crippen molar-refractivity contribution in [2.24, 2.45) is 5.73 Å². The van der Waals surface area contributed by atoms with E-state index in [0.717, 1.165) is 18.2 Å². The highest BCUT2D eigenvalue weighted by atomic mass is 19.1. The summed E-state index contributed by atoms with van der Waals surface area (Å²) in [5.41, 5.74) is 5.41. The van der Waals surface area contributed by atoms with Crippen molar-refractivity contribution < 1.29 is 13.5 Å². The van der Waals surface area contributed by atoms with Crippen LogP contribution in [0.15, 0.2) is 30.5 Å². The van der Waals surface area contributed by atoms with E-state index in [0.29, 0.717) is 0 Å². The first-order valence-corrected chi connectivity index (χ1v) is 4.86. The molecule has 0 aliphatic heterocycles. The van der Waals surface area contributed by atoms with Crippen LogP contribution in [0.25, 0.3) is 0 Å². The van der Waals surface area contributed by atoms with Gasteiger partial charge in [0.05, 0.1) is 0 Å². The number of halogens is 2. The van der Waals surface area contributed by atoms with Crippen LogP contribution in [0.2, 0.25) is 0 Å². The van der Waals surface area contributed by atoms with Crippen molar-refractivity contribution in [1.29, 1.82) is 5.41 Å². The molecule has 0 spiro atoms. The number of nitrogen functional groups attached to an aromatic ring is 1. The molecule has 0 aliphatic rings. The van der Waals surface area contributed by atoms with E-state index < -0.39 is 11.6 Å². The molecule has 0 atom stereocenters. The first-order valence-electron chi connectivity index (χ1n) is 4.86. The lowest BCUT2D eigenvalue weighted by Crippen LogP contribution is -2.13. The van der Waals surface area contributed by atoms with E-state index in [-0.39, 0.29) is 23.3 Å². The van der Waals surface area contributed by atoms with Crippen molar-refractivity contribution in [2.75, 3.05) is 0 Å². The Bertz CT molecular complexity index is 583. The molecule has 1 heterocycles. The molecule has 2 rings (SSSR count). The Morgan fingerprint density at radius 3 is 2.50 bits per heavy atom. The Balaban J connectivity index is 2.28. The Morgan fingerprint density at radius 1 is 1.22 bits per heavy atom. The van der Waals surface area contributed by atoms with Gasteiger partial charge in [0, 0.05) is 24.4 Å². The Labute approximate surface area is 101 Å². The van der Waals surface area contributed by atoms with Crippen LogP contribution in [0, 0.1) is 17.0 Å². The van der Waals surface area contributed by atoms with Crippen LogP contribution in [0.3, 0.4) is 0 Å². The number of hydrogen-bond donors (Lipinski definition) is 2. The quantitative estimate of drug-likeness (QED) is 0.642. The maximum atomic E-state index is 12.9. The Morgan fingerprint density at radius 2 is 1.89 bits per heavy atom. The van der Waals surface area contributed by atoms with Gasteiger partial charge in [0.25, 0.3) is 0 Å². The van der Waals surface area contributed by atoms with Gasteiger partial charge in [0.2, 0.25) is 0 Å². The van der Waals surface area contributed by atoms with Gasteiger partial charge < -0.3 is 10.5 Å². The summed E-state index contributed by atoms with van der Waals surface area (Å²) < 4.78 is 30.9. The molecule has 0 saturated carbocycles. The zero-order valence-corrected chi connectivity index (χ0v) is 9.02. The molecule has 7 heteroatoms. The van der Waals surface area contributed by atoms with E-state index in [1.54, 1.807) is 0 Å². The summed E-state index contributed by atoms with van der Waals surface area (Å²) >= 11 is 0. The van der Waals surface area contributed by atoms with Crippen LogP contribution >= 0.6 is 0 Å². The molecule has 0 amide bonds. The van der Waals surface area contributed by atoms with E-state index in [4.69, 9.17) is 15.9 Å². The van der Waals surface area contributed by atoms with Crippen LogP contribution < -0.4 is 10.5 Å². The highest BCUT2D eigenvalue weighted by molar-refractivity contribution is 5.92. The minimum Gasteiger partial charge on any atom is -0.424 e. The van der Waals surface area contributed by atoms with E-state index in [1.807, 2.05) is 0 Å².